The van der Waals surface area contributed by atoms with Crippen molar-refractivity contribution in [3.63, 3.8) is 0 Å². The molecule has 0 bridgehead atoms. The molecule has 0 saturated carbocycles. The van der Waals surface area contributed by atoms with Crippen molar-refractivity contribution >= 4 is 46.4 Å². The molecule has 5 nitrogen and oxygen atoms in total. The molecule has 0 fully saturated rings. The highest BCUT2D eigenvalue weighted by molar-refractivity contribution is 6.34. The van der Waals surface area contributed by atoms with Gasteiger partial charge in [-0.2, -0.15) is 13.2 Å². The van der Waals surface area contributed by atoms with Gasteiger partial charge < -0.3 is 10.1 Å². The fourth-order valence-electron chi connectivity index (χ4n) is 4.13. The number of aryl methyl sites for hydroxylation is 1. The van der Waals surface area contributed by atoms with Gasteiger partial charge in [-0.3, -0.25) is 4.79 Å². The van der Waals surface area contributed by atoms with Gasteiger partial charge >= 0.3 is 6.18 Å². The Morgan fingerprint density at radius 3 is 2.33 bits per heavy atom. The Hall–Kier alpha value is -3.56. The van der Waals surface area contributed by atoms with Crippen molar-refractivity contribution in [2.24, 2.45) is 0 Å². The number of hydrogen-bond acceptors (Lipinski definition) is 4. The first-order valence-electron chi connectivity index (χ1n) is 11.9. The maximum Gasteiger partial charge on any atom is 0.412 e. The van der Waals surface area contributed by atoms with Crippen LogP contribution in [0.2, 0.25) is 10.0 Å². The van der Waals surface area contributed by atoms with E-state index >= 15 is 0 Å². The maximum atomic E-state index is 13.9. The van der Waals surface area contributed by atoms with Crippen LogP contribution in [0.15, 0.2) is 60.8 Å². The van der Waals surface area contributed by atoms with Gasteiger partial charge in [0.05, 0.1) is 11.3 Å². The summed E-state index contributed by atoms with van der Waals surface area (Å²) in [7, 11) is 0. The number of amides is 1. The molecular formula is C28H21Cl2F4N3O2. The lowest BCUT2D eigenvalue weighted by Gasteiger charge is -2.22. The summed E-state index contributed by atoms with van der Waals surface area (Å²) in [5.74, 6) is -1.41. The zero-order valence-electron chi connectivity index (χ0n) is 20.2. The van der Waals surface area contributed by atoms with Crippen molar-refractivity contribution in [3.8, 4) is 11.3 Å². The van der Waals surface area contributed by atoms with Gasteiger partial charge in [0.2, 0.25) is 0 Å². The first-order valence-corrected chi connectivity index (χ1v) is 12.6. The van der Waals surface area contributed by atoms with Crippen molar-refractivity contribution in [2.45, 2.75) is 37.9 Å². The minimum atomic E-state index is -4.83. The predicted molar refractivity (Wildman–Crippen MR) is 141 cm³/mol. The lowest BCUT2D eigenvalue weighted by Crippen LogP contribution is -2.38. The van der Waals surface area contributed by atoms with Crippen LogP contribution < -0.4 is 5.32 Å². The average Bonchev–Trinajstić information content (AvgIpc) is 2.88. The monoisotopic (exact) mass is 577 g/mol. The third-order valence-corrected chi connectivity index (χ3v) is 6.40. The van der Waals surface area contributed by atoms with Crippen molar-refractivity contribution in [1.29, 1.82) is 0 Å². The zero-order valence-corrected chi connectivity index (χ0v) is 21.7. The number of hydrogen-bond donors (Lipinski definition) is 1. The Bertz CT molecular complexity index is 1490. The molecule has 202 valence electrons. The van der Waals surface area contributed by atoms with E-state index in [9.17, 15) is 27.2 Å². The van der Waals surface area contributed by atoms with Crippen LogP contribution in [-0.4, -0.2) is 28.3 Å². The van der Waals surface area contributed by atoms with Gasteiger partial charge in [-0.05, 0) is 85.0 Å². The van der Waals surface area contributed by atoms with Gasteiger partial charge in [-0.15, -0.1) is 0 Å². The van der Waals surface area contributed by atoms with Crippen LogP contribution in [0.1, 0.15) is 46.8 Å². The van der Waals surface area contributed by atoms with Gasteiger partial charge in [-0.25, -0.2) is 14.4 Å². The van der Waals surface area contributed by atoms with Gasteiger partial charge in [0.25, 0.3) is 5.91 Å². The quantitative estimate of drug-likeness (QED) is 0.126. The number of benzene rings is 2. The smallest absolute Gasteiger partial charge is 0.337 e. The molecule has 4 rings (SSSR count). The summed E-state index contributed by atoms with van der Waals surface area (Å²) in [4.78, 5) is 32.4. The summed E-state index contributed by atoms with van der Waals surface area (Å²) in [5, 5.41) is 2.44. The number of nitrogens with one attached hydrogen (secondary N) is 1. The van der Waals surface area contributed by atoms with E-state index in [1.54, 1.807) is 18.2 Å². The summed E-state index contributed by atoms with van der Waals surface area (Å²) >= 11 is 11.8. The van der Waals surface area contributed by atoms with Crippen LogP contribution >= 0.6 is 23.2 Å². The fraction of sp³-hybridized carbons (Fsp3) is 0.214. The van der Waals surface area contributed by atoms with E-state index in [1.165, 1.54) is 24.3 Å². The molecule has 1 atom stereocenters. The fourth-order valence-corrected chi connectivity index (χ4v) is 4.68. The topological polar surface area (TPSA) is 72.0 Å². The van der Waals surface area contributed by atoms with E-state index in [2.05, 4.69) is 9.97 Å². The minimum Gasteiger partial charge on any atom is -0.337 e. The number of aromatic nitrogens is 2. The third kappa shape index (κ3) is 7.10. The molecule has 2 aromatic carbocycles. The number of alkyl halides is 3. The molecule has 0 aliphatic rings. The summed E-state index contributed by atoms with van der Waals surface area (Å²) in [6, 6.07) is 10.0. The van der Waals surface area contributed by atoms with E-state index in [0.717, 1.165) is 30.2 Å². The first-order chi connectivity index (χ1) is 18.5. The Balaban J connectivity index is 1.69. The molecule has 1 amide bonds. The molecule has 0 radical (unpaired) electrons. The van der Waals surface area contributed by atoms with Crippen molar-refractivity contribution < 1.29 is 27.2 Å². The lowest BCUT2D eigenvalue weighted by atomic mass is 9.99. The van der Waals surface area contributed by atoms with Gasteiger partial charge in [0.1, 0.15) is 12.1 Å². The van der Waals surface area contributed by atoms with Gasteiger partial charge in [0, 0.05) is 33.6 Å². The summed E-state index contributed by atoms with van der Waals surface area (Å²) in [5.41, 5.74) is 1.82. The van der Waals surface area contributed by atoms with E-state index in [0.29, 0.717) is 42.3 Å². The largest absolute Gasteiger partial charge is 0.412 e. The van der Waals surface area contributed by atoms with Gasteiger partial charge in [0.15, 0.2) is 11.7 Å². The van der Waals surface area contributed by atoms with Crippen LogP contribution in [0, 0.1) is 5.82 Å². The number of unbranched alkanes of at least 4 members (excludes halogenated alkanes) is 2. The summed E-state index contributed by atoms with van der Waals surface area (Å²) in [6.45, 7) is 0. The second-order valence-corrected chi connectivity index (χ2v) is 9.71. The number of rotatable bonds is 9. The molecular weight excluding hydrogens is 557 g/mol. The predicted octanol–water partition coefficient (Wildman–Crippen LogP) is 7.69. The summed E-state index contributed by atoms with van der Waals surface area (Å²) in [6.07, 6.45) is -0.599. The number of pyridine rings is 2. The minimum absolute atomic E-state index is 0.00271. The molecule has 4 aromatic rings. The highest BCUT2D eigenvalue weighted by Crippen LogP contribution is 2.35. The highest BCUT2D eigenvalue weighted by atomic mass is 35.5. The van der Waals surface area contributed by atoms with Crippen LogP contribution in [0.3, 0.4) is 0 Å². The molecule has 0 aliphatic carbocycles. The standard InChI is InChI=1S/C28H21Cl2F4N3O2/c29-21-12-18(13-22(30)14-21)25(28(32,33)34)37-27(39)20-11-19-10-17(4-2-1-3-9-38)24(36-26(19)35-15-20)16-5-7-23(31)8-6-16/h5-15,25H,1-4H2,(H,37,39). The van der Waals surface area contributed by atoms with E-state index in [-0.39, 0.29) is 26.8 Å². The summed E-state index contributed by atoms with van der Waals surface area (Å²) < 4.78 is 55.1. The maximum absolute atomic E-state index is 13.9. The lowest BCUT2D eigenvalue weighted by molar-refractivity contribution is -0.155. The second-order valence-electron chi connectivity index (χ2n) is 8.84. The Kier molecular flexibility index (Phi) is 8.82. The zero-order chi connectivity index (χ0) is 28.2. The number of nitrogens with zero attached hydrogens (tertiary/aromatic N) is 2. The number of carbonyl (C=O) groups is 2. The molecule has 2 aromatic heterocycles. The molecule has 0 aliphatic heterocycles. The van der Waals surface area contributed by atoms with Crippen LogP contribution in [0.5, 0.6) is 0 Å². The molecule has 1 N–H and O–H groups in total. The normalized spacial score (nSPS) is 12.4. The Morgan fingerprint density at radius 2 is 1.69 bits per heavy atom. The molecule has 11 heteroatoms. The van der Waals surface area contributed by atoms with Crippen molar-refractivity contribution in [1.82, 2.24) is 15.3 Å². The van der Waals surface area contributed by atoms with E-state index in [1.807, 2.05) is 5.32 Å². The molecule has 0 spiro atoms. The van der Waals surface area contributed by atoms with E-state index in [4.69, 9.17) is 23.2 Å². The Morgan fingerprint density at radius 1 is 1.00 bits per heavy atom. The van der Waals surface area contributed by atoms with Crippen LogP contribution in [-0.2, 0) is 11.2 Å². The van der Waals surface area contributed by atoms with Crippen LogP contribution in [0.25, 0.3) is 22.3 Å². The molecule has 1 unspecified atom stereocenters. The van der Waals surface area contributed by atoms with Gasteiger partial charge in [-0.1, -0.05) is 23.2 Å². The Labute approximate surface area is 231 Å². The number of carbonyl (C=O) groups excluding carboxylic acids is 2. The second kappa shape index (κ2) is 12.1. The number of halogens is 6. The SMILES string of the molecule is O=CCCCCc1cc2cc(C(=O)NC(c3cc(Cl)cc(Cl)c3)C(F)(F)F)cnc2nc1-c1ccc(F)cc1. The number of fused-ring (bicyclic) bond motifs is 1. The van der Waals surface area contributed by atoms with Crippen molar-refractivity contribution in [3.05, 3.63) is 93.3 Å². The molecule has 39 heavy (non-hydrogen) atoms. The first kappa shape index (κ1) is 28.4. The third-order valence-electron chi connectivity index (χ3n) is 5.97. The highest BCUT2D eigenvalue weighted by Gasteiger charge is 2.42. The molecule has 2 heterocycles. The molecule has 0 saturated heterocycles. The number of aldehydes is 1. The van der Waals surface area contributed by atoms with Crippen molar-refractivity contribution in [2.75, 3.05) is 0 Å². The average molecular weight is 578 g/mol. The van der Waals surface area contributed by atoms with E-state index < -0.39 is 23.9 Å². The van der Waals surface area contributed by atoms with Crippen LogP contribution in [0.4, 0.5) is 17.6 Å².